The molecule has 1 aliphatic heterocycles. The van der Waals surface area contributed by atoms with Gasteiger partial charge in [0.05, 0.1) is 41.1 Å². The summed E-state index contributed by atoms with van der Waals surface area (Å²) in [6.07, 6.45) is 1.27. The number of hydrogen-bond acceptors (Lipinski definition) is 7. The smallest absolute Gasteiger partial charge is 0.338 e. The minimum absolute atomic E-state index is 0.136. The summed E-state index contributed by atoms with van der Waals surface area (Å²) in [5, 5.41) is 5.39. The van der Waals surface area contributed by atoms with Crippen molar-refractivity contribution in [2.75, 3.05) is 13.2 Å². The van der Waals surface area contributed by atoms with E-state index in [1.165, 1.54) is 6.33 Å². The maximum Gasteiger partial charge on any atom is 0.338 e. The van der Waals surface area contributed by atoms with Gasteiger partial charge in [-0.05, 0) is 26.0 Å². The fourth-order valence-electron chi connectivity index (χ4n) is 2.95. The van der Waals surface area contributed by atoms with E-state index in [0.717, 1.165) is 4.57 Å². The van der Waals surface area contributed by atoms with Gasteiger partial charge >= 0.3 is 18.0 Å². The summed E-state index contributed by atoms with van der Waals surface area (Å²) in [6, 6.07) is 5.66. The normalized spacial score (nSPS) is 16.2. The standard InChI is InChI=1S/C19H20N4O6/c1-3-28-18(26)16-11(2)21-19(27)22-14(16)9-29-15(24)8-23-10-20-13-7-5-4-6-12(13)17(23)25/h4-7,10-11H,3,8-9H2,1-2H3,(H2,21,22,27)/t11-/m1/s1. The molecule has 0 fully saturated rings. The number of carbonyl (C=O) groups is 3. The molecule has 0 spiro atoms. The van der Waals surface area contributed by atoms with E-state index in [2.05, 4.69) is 15.6 Å². The van der Waals surface area contributed by atoms with Gasteiger partial charge in [-0.3, -0.25) is 14.2 Å². The van der Waals surface area contributed by atoms with Crippen LogP contribution in [-0.4, -0.2) is 46.8 Å². The molecule has 2 heterocycles. The molecule has 2 N–H and O–H groups in total. The number of amides is 2. The average molecular weight is 400 g/mol. The summed E-state index contributed by atoms with van der Waals surface area (Å²) in [6.45, 7) is 2.73. The minimum Gasteiger partial charge on any atom is -0.463 e. The lowest BCUT2D eigenvalue weighted by Gasteiger charge is -2.26. The Morgan fingerprint density at radius 1 is 1.21 bits per heavy atom. The predicted octanol–water partition coefficient (Wildman–Crippen LogP) is 0.458. The highest BCUT2D eigenvalue weighted by molar-refractivity contribution is 5.94. The van der Waals surface area contributed by atoms with Crippen LogP contribution in [0.25, 0.3) is 10.9 Å². The Morgan fingerprint density at radius 2 is 1.97 bits per heavy atom. The summed E-state index contributed by atoms with van der Waals surface area (Å²) in [7, 11) is 0. The molecule has 10 heteroatoms. The van der Waals surface area contributed by atoms with Gasteiger partial charge in [0.25, 0.3) is 5.56 Å². The van der Waals surface area contributed by atoms with Gasteiger partial charge in [-0.2, -0.15) is 0 Å². The van der Waals surface area contributed by atoms with Crippen LogP contribution >= 0.6 is 0 Å². The number of para-hydroxylation sites is 1. The van der Waals surface area contributed by atoms with Gasteiger partial charge in [-0.1, -0.05) is 12.1 Å². The molecule has 0 bridgehead atoms. The van der Waals surface area contributed by atoms with E-state index in [-0.39, 0.29) is 36.6 Å². The topological polar surface area (TPSA) is 129 Å². The number of nitrogens with zero attached hydrogens (tertiary/aromatic N) is 2. The molecule has 1 aromatic heterocycles. The van der Waals surface area contributed by atoms with Crippen molar-refractivity contribution >= 4 is 28.9 Å². The Morgan fingerprint density at radius 3 is 2.72 bits per heavy atom. The lowest BCUT2D eigenvalue weighted by Crippen LogP contribution is -2.50. The Balaban J connectivity index is 1.74. The number of aromatic nitrogens is 2. The molecule has 1 atom stereocenters. The van der Waals surface area contributed by atoms with Crippen LogP contribution in [0, 0.1) is 0 Å². The van der Waals surface area contributed by atoms with Gasteiger partial charge in [0, 0.05) is 0 Å². The molecule has 29 heavy (non-hydrogen) atoms. The largest absolute Gasteiger partial charge is 0.463 e. The van der Waals surface area contributed by atoms with Crippen LogP contribution in [0.5, 0.6) is 0 Å². The van der Waals surface area contributed by atoms with E-state index < -0.39 is 24.0 Å². The first-order chi connectivity index (χ1) is 13.9. The number of fused-ring (bicyclic) bond motifs is 1. The summed E-state index contributed by atoms with van der Waals surface area (Å²) >= 11 is 0. The fraction of sp³-hybridized carbons (Fsp3) is 0.316. The van der Waals surface area contributed by atoms with Gasteiger partial charge in [-0.15, -0.1) is 0 Å². The number of carbonyl (C=O) groups excluding carboxylic acids is 3. The Labute approximate surface area is 165 Å². The SMILES string of the molecule is CCOC(=O)C1=C(COC(=O)Cn2cnc3ccccc3c2=O)NC(=O)N[C@@H]1C. The molecule has 0 saturated heterocycles. The molecule has 152 valence electrons. The van der Waals surface area contributed by atoms with Crippen LogP contribution in [0.1, 0.15) is 13.8 Å². The number of benzene rings is 1. The number of hydrogen-bond donors (Lipinski definition) is 2. The lowest BCUT2D eigenvalue weighted by atomic mass is 10.0. The molecule has 2 amide bonds. The Kier molecular flexibility index (Phi) is 5.91. The second kappa shape index (κ2) is 8.55. The third kappa shape index (κ3) is 4.42. The van der Waals surface area contributed by atoms with Gasteiger partial charge < -0.3 is 20.1 Å². The van der Waals surface area contributed by atoms with Crippen LogP contribution in [-0.2, 0) is 25.6 Å². The third-order valence-corrected chi connectivity index (χ3v) is 4.27. The maximum atomic E-state index is 12.4. The van der Waals surface area contributed by atoms with E-state index in [1.807, 2.05) is 0 Å². The molecule has 1 aliphatic rings. The van der Waals surface area contributed by atoms with Crippen LogP contribution in [0.4, 0.5) is 4.79 Å². The van der Waals surface area contributed by atoms with E-state index in [1.54, 1.807) is 38.1 Å². The second-order valence-electron chi connectivity index (χ2n) is 6.29. The zero-order valence-electron chi connectivity index (χ0n) is 15.9. The van der Waals surface area contributed by atoms with E-state index >= 15 is 0 Å². The van der Waals surface area contributed by atoms with Crippen molar-refractivity contribution in [3.05, 3.63) is 52.2 Å². The average Bonchev–Trinajstić information content (AvgIpc) is 2.68. The van der Waals surface area contributed by atoms with Gasteiger partial charge in [0.15, 0.2) is 0 Å². The third-order valence-electron chi connectivity index (χ3n) is 4.27. The molecule has 1 aromatic carbocycles. The van der Waals surface area contributed by atoms with Crippen molar-refractivity contribution in [2.45, 2.75) is 26.4 Å². The predicted molar refractivity (Wildman–Crippen MR) is 102 cm³/mol. The van der Waals surface area contributed by atoms with E-state index in [0.29, 0.717) is 10.9 Å². The molecule has 0 aliphatic carbocycles. The molecule has 0 radical (unpaired) electrons. The zero-order valence-corrected chi connectivity index (χ0v) is 15.9. The van der Waals surface area contributed by atoms with Crippen molar-refractivity contribution < 1.29 is 23.9 Å². The zero-order chi connectivity index (χ0) is 21.0. The highest BCUT2D eigenvalue weighted by Crippen LogP contribution is 2.14. The van der Waals surface area contributed by atoms with Crippen LogP contribution in [0.3, 0.4) is 0 Å². The summed E-state index contributed by atoms with van der Waals surface area (Å²) < 4.78 is 11.3. The first-order valence-electron chi connectivity index (χ1n) is 8.98. The van der Waals surface area contributed by atoms with E-state index in [4.69, 9.17) is 9.47 Å². The van der Waals surface area contributed by atoms with Crippen molar-refractivity contribution in [1.29, 1.82) is 0 Å². The summed E-state index contributed by atoms with van der Waals surface area (Å²) in [4.78, 5) is 52.7. The number of nitrogens with one attached hydrogen (secondary N) is 2. The summed E-state index contributed by atoms with van der Waals surface area (Å²) in [5.41, 5.74) is 0.460. The van der Waals surface area contributed by atoms with Crippen molar-refractivity contribution in [1.82, 2.24) is 20.2 Å². The summed E-state index contributed by atoms with van der Waals surface area (Å²) in [5.74, 6) is -1.34. The van der Waals surface area contributed by atoms with Crippen molar-refractivity contribution in [3.8, 4) is 0 Å². The van der Waals surface area contributed by atoms with E-state index in [9.17, 15) is 19.2 Å². The van der Waals surface area contributed by atoms with Crippen molar-refractivity contribution in [3.63, 3.8) is 0 Å². The molecule has 2 aromatic rings. The highest BCUT2D eigenvalue weighted by Gasteiger charge is 2.30. The second-order valence-corrected chi connectivity index (χ2v) is 6.29. The monoisotopic (exact) mass is 400 g/mol. The molecule has 0 saturated carbocycles. The lowest BCUT2D eigenvalue weighted by molar-refractivity contribution is -0.144. The number of rotatable bonds is 6. The minimum atomic E-state index is -0.722. The quantitative estimate of drug-likeness (QED) is 0.674. The van der Waals surface area contributed by atoms with Gasteiger partial charge in [0.2, 0.25) is 0 Å². The highest BCUT2D eigenvalue weighted by atomic mass is 16.5. The molecule has 0 unspecified atom stereocenters. The van der Waals surface area contributed by atoms with Gasteiger partial charge in [-0.25, -0.2) is 14.6 Å². The Hall–Kier alpha value is -3.69. The molecular formula is C19H20N4O6. The number of ether oxygens (including phenoxy) is 2. The number of urea groups is 1. The maximum absolute atomic E-state index is 12.4. The van der Waals surface area contributed by atoms with Crippen LogP contribution in [0.2, 0.25) is 0 Å². The van der Waals surface area contributed by atoms with Crippen LogP contribution < -0.4 is 16.2 Å². The first-order valence-corrected chi connectivity index (χ1v) is 8.98. The molecule has 3 rings (SSSR count). The fourth-order valence-corrected chi connectivity index (χ4v) is 2.95. The van der Waals surface area contributed by atoms with Gasteiger partial charge in [0.1, 0.15) is 13.2 Å². The van der Waals surface area contributed by atoms with Crippen molar-refractivity contribution in [2.24, 2.45) is 0 Å². The number of esters is 2. The van der Waals surface area contributed by atoms with Crippen LogP contribution in [0.15, 0.2) is 46.7 Å². The molecular weight excluding hydrogens is 380 g/mol. The molecule has 10 nitrogen and oxygen atoms in total. The Bertz CT molecular complexity index is 1060. The first kappa shape index (κ1) is 20.1.